The fourth-order valence-electron chi connectivity index (χ4n) is 4.17. The van der Waals surface area contributed by atoms with Crippen LogP contribution < -0.4 is 14.4 Å². The van der Waals surface area contributed by atoms with Crippen molar-refractivity contribution in [1.82, 2.24) is 34.2 Å². The quantitative estimate of drug-likeness (QED) is 0.480. The average Bonchev–Trinajstić information content (AvgIpc) is 3.33. The zero-order valence-electron chi connectivity index (χ0n) is 20.6. The van der Waals surface area contributed by atoms with Gasteiger partial charge in [-0.25, -0.2) is 13.1 Å². The van der Waals surface area contributed by atoms with Crippen molar-refractivity contribution in [3.63, 3.8) is 0 Å². The SMILES string of the molecule is CCn1c(Oc2cccc(N3CCN(C)CC3)c2)nnc1[C@@H](C)NS(=O)(=O)c1c(C)nn(C)c1Cl. The molecule has 35 heavy (non-hydrogen) atoms. The first-order valence-corrected chi connectivity index (χ1v) is 13.3. The highest BCUT2D eigenvalue weighted by atomic mass is 35.5. The molecular weight excluding hydrogens is 492 g/mol. The topological polar surface area (TPSA) is 110 Å². The Morgan fingerprint density at radius 3 is 2.51 bits per heavy atom. The third-order valence-corrected chi connectivity index (χ3v) is 8.28. The maximum atomic E-state index is 13.0. The largest absolute Gasteiger partial charge is 0.424 e. The van der Waals surface area contributed by atoms with Gasteiger partial charge in [-0.15, -0.1) is 5.10 Å². The van der Waals surface area contributed by atoms with Crippen LogP contribution in [-0.2, 0) is 23.6 Å². The van der Waals surface area contributed by atoms with Crippen molar-refractivity contribution >= 4 is 27.3 Å². The first kappa shape index (κ1) is 25.4. The summed E-state index contributed by atoms with van der Waals surface area (Å²) in [6, 6.07) is 7.48. The summed E-state index contributed by atoms with van der Waals surface area (Å²) in [6.45, 7) is 9.64. The number of benzene rings is 1. The van der Waals surface area contributed by atoms with Gasteiger partial charge >= 0.3 is 6.01 Å². The number of nitrogens with zero attached hydrogens (tertiary/aromatic N) is 7. The van der Waals surface area contributed by atoms with E-state index in [4.69, 9.17) is 16.3 Å². The molecule has 4 rings (SSSR count). The van der Waals surface area contributed by atoms with Crippen molar-refractivity contribution < 1.29 is 13.2 Å². The van der Waals surface area contributed by atoms with Gasteiger partial charge < -0.3 is 14.5 Å². The Hall–Kier alpha value is -2.67. The van der Waals surface area contributed by atoms with Crippen molar-refractivity contribution in [3.05, 3.63) is 40.9 Å². The number of nitrogens with one attached hydrogen (secondary N) is 1. The van der Waals surface area contributed by atoms with Crippen molar-refractivity contribution in [2.24, 2.45) is 7.05 Å². The van der Waals surface area contributed by atoms with E-state index in [9.17, 15) is 8.42 Å². The zero-order valence-corrected chi connectivity index (χ0v) is 22.1. The van der Waals surface area contributed by atoms with E-state index in [1.165, 1.54) is 4.68 Å². The van der Waals surface area contributed by atoms with Crippen molar-refractivity contribution in [3.8, 4) is 11.8 Å². The van der Waals surface area contributed by atoms with E-state index in [2.05, 4.69) is 42.9 Å². The summed E-state index contributed by atoms with van der Waals surface area (Å²) in [5.41, 5.74) is 1.40. The Labute approximate surface area is 210 Å². The lowest BCUT2D eigenvalue weighted by molar-refractivity contribution is 0.312. The van der Waals surface area contributed by atoms with E-state index in [-0.39, 0.29) is 10.0 Å². The second-order valence-electron chi connectivity index (χ2n) is 8.65. The molecule has 0 unspecified atom stereocenters. The molecule has 0 saturated carbocycles. The van der Waals surface area contributed by atoms with Crippen LogP contribution in [0.25, 0.3) is 0 Å². The van der Waals surface area contributed by atoms with Crippen LogP contribution in [0.5, 0.6) is 11.8 Å². The van der Waals surface area contributed by atoms with Crippen LogP contribution in [0.2, 0.25) is 5.15 Å². The third kappa shape index (κ3) is 5.30. The molecule has 2 aromatic heterocycles. The lowest BCUT2D eigenvalue weighted by atomic mass is 10.2. The number of ether oxygens (including phenoxy) is 1. The van der Waals surface area contributed by atoms with Gasteiger partial charge in [0.2, 0.25) is 10.0 Å². The van der Waals surface area contributed by atoms with Gasteiger partial charge in [0.15, 0.2) is 5.82 Å². The summed E-state index contributed by atoms with van der Waals surface area (Å²) >= 11 is 6.18. The van der Waals surface area contributed by atoms with Crippen molar-refractivity contribution in [2.45, 2.75) is 38.3 Å². The van der Waals surface area contributed by atoms with E-state index in [1.54, 1.807) is 25.5 Å². The highest BCUT2D eigenvalue weighted by Gasteiger charge is 2.29. The number of aromatic nitrogens is 5. The number of halogens is 1. The predicted molar refractivity (Wildman–Crippen MR) is 134 cm³/mol. The number of likely N-dealkylation sites (N-methyl/N-ethyl adjacent to an activating group) is 1. The normalized spacial score (nSPS) is 16.0. The molecule has 0 bridgehead atoms. The van der Waals surface area contributed by atoms with Crippen molar-refractivity contribution in [2.75, 3.05) is 38.1 Å². The van der Waals surface area contributed by atoms with Gasteiger partial charge in [-0.2, -0.15) is 5.10 Å². The minimum absolute atomic E-state index is 0.0448. The number of hydrogen-bond donors (Lipinski definition) is 1. The number of sulfonamides is 1. The summed E-state index contributed by atoms with van der Waals surface area (Å²) in [7, 11) is -0.225. The van der Waals surface area contributed by atoms with Gasteiger partial charge in [-0.3, -0.25) is 9.25 Å². The molecule has 11 nitrogen and oxygen atoms in total. The van der Waals surface area contributed by atoms with Crippen LogP contribution in [0, 0.1) is 6.92 Å². The van der Waals surface area contributed by atoms with E-state index in [0.29, 0.717) is 29.8 Å². The molecule has 13 heteroatoms. The van der Waals surface area contributed by atoms with Crippen LogP contribution in [-0.4, -0.2) is 71.1 Å². The van der Waals surface area contributed by atoms with E-state index in [0.717, 1.165) is 31.9 Å². The zero-order chi connectivity index (χ0) is 25.3. The monoisotopic (exact) mass is 522 g/mol. The molecule has 0 radical (unpaired) electrons. The number of aryl methyl sites for hydroxylation is 2. The number of anilines is 1. The molecule has 1 atom stereocenters. The second kappa shape index (κ2) is 10.1. The van der Waals surface area contributed by atoms with Crippen LogP contribution >= 0.6 is 11.6 Å². The molecule has 1 aliphatic rings. The molecule has 1 N–H and O–H groups in total. The van der Waals surface area contributed by atoms with E-state index in [1.807, 2.05) is 25.1 Å². The van der Waals surface area contributed by atoms with Crippen LogP contribution in [0.4, 0.5) is 5.69 Å². The summed E-state index contributed by atoms with van der Waals surface area (Å²) in [6.07, 6.45) is 0. The van der Waals surface area contributed by atoms with Crippen molar-refractivity contribution in [1.29, 1.82) is 0 Å². The minimum Gasteiger partial charge on any atom is -0.424 e. The average molecular weight is 523 g/mol. The van der Waals surface area contributed by atoms with Gasteiger partial charge in [0, 0.05) is 51.5 Å². The molecule has 0 amide bonds. The molecule has 1 aromatic carbocycles. The fraction of sp³-hybridized carbons (Fsp3) is 0.500. The van der Waals surface area contributed by atoms with Gasteiger partial charge in [-0.1, -0.05) is 22.8 Å². The standard InChI is InChI=1S/C22H31ClN8O3S/c1-6-31-21(16(3)27-35(32,33)19-15(2)26-29(5)20(19)23)24-25-22(31)34-18-9-7-8-17(14-18)30-12-10-28(4)11-13-30/h7-9,14,16,27H,6,10-13H2,1-5H3/t16-/m1/s1. The van der Waals surface area contributed by atoms with Crippen LogP contribution in [0.1, 0.15) is 31.4 Å². The van der Waals surface area contributed by atoms with Crippen LogP contribution in [0.15, 0.2) is 29.2 Å². The molecule has 1 fully saturated rings. The Morgan fingerprint density at radius 2 is 1.89 bits per heavy atom. The Bertz CT molecular complexity index is 1300. The summed E-state index contributed by atoms with van der Waals surface area (Å²) in [4.78, 5) is 4.58. The Morgan fingerprint density at radius 1 is 1.17 bits per heavy atom. The van der Waals surface area contributed by atoms with Crippen LogP contribution in [0.3, 0.4) is 0 Å². The lowest BCUT2D eigenvalue weighted by Crippen LogP contribution is -2.44. The number of hydrogen-bond acceptors (Lipinski definition) is 8. The second-order valence-corrected chi connectivity index (χ2v) is 10.7. The van der Waals surface area contributed by atoms with Gasteiger partial charge in [0.05, 0.1) is 11.7 Å². The first-order valence-electron chi connectivity index (χ1n) is 11.5. The molecule has 0 spiro atoms. The fourth-order valence-corrected chi connectivity index (χ4v) is 6.12. The number of piperazine rings is 1. The lowest BCUT2D eigenvalue weighted by Gasteiger charge is -2.34. The number of rotatable bonds is 8. The Kier molecular flexibility index (Phi) is 7.36. The molecule has 1 saturated heterocycles. The summed E-state index contributed by atoms with van der Waals surface area (Å²) < 4.78 is 37.8. The maximum Gasteiger partial charge on any atom is 0.322 e. The van der Waals surface area contributed by atoms with Gasteiger partial charge in [0.25, 0.3) is 0 Å². The first-order chi connectivity index (χ1) is 16.6. The molecule has 0 aliphatic carbocycles. The molecule has 3 heterocycles. The summed E-state index contributed by atoms with van der Waals surface area (Å²) in [5, 5.41) is 12.6. The highest BCUT2D eigenvalue weighted by molar-refractivity contribution is 7.89. The molecule has 3 aromatic rings. The van der Waals surface area contributed by atoms with Gasteiger partial charge in [-0.05, 0) is 40.0 Å². The molecule has 1 aliphatic heterocycles. The van der Waals surface area contributed by atoms with Gasteiger partial charge in [0.1, 0.15) is 15.8 Å². The summed E-state index contributed by atoms with van der Waals surface area (Å²) in [5.74, 6) is 1.07. The maximum absolute atomic E-state index is 13.0. The molecular formula is C22H31ClN8O3S. The smallest absolute Gasteiger partial charge is 0.322 e. The highest BCUT2D eigenvalue weighted by Crippen LogP contribution is 2.29. The minimum atomic E-state index is -3.94. The molecule has 190 valence electrons. The van der Waals surface area contributed by atoms with E-state index < -0.39 is 16.1 Å². The predicted octanol–water partition coefficient (Wildman–Crippen LogP) is 2.58. The van der Waals surface area contributed by atoms with E-state index >= 15 is 0 Å². The Balaban J connectivity index is 1.53. The third-order valence-electron chi connectivity index (χ3n) is 6.04.